The number of hydrogen-bond donors (Lipinski definition) is 2. The first-order chi connectivity index (χ1) is 10.9. The highest BCUT2D eigenvalue weighted by molar-refractivity contribution is 7.89. The maximum atomic E-state index is 13.4. The van der Waals surface area contributed by atoms with E-state index in [9.17, 15) is 17.6 Å². The number of halogens is 2. The third-order valence-corrected chi connectivity index (χ3v) is 6.06. The number of carbonyl (C=O) groups excluding carboxylic acids is 1. The van der Waals surface area contributed by atoms with Crippen LogP contribution >= 0.6 is 11.6 Å². The molecule has 1 saturated heterocycles. The van der Waals surface area contributed by atoms with Crippen molar-refractivity contribution in [3.63, 3.8) is 0 Å². The summed E-state index contributed by atoms with van der Waals surface area (Å²) in [5.74, 6) is -1.35. The summed E-state index contributed by atoms with van der Waals surface area (Å²) in [5, 5.41) is 2.62. The molecular weight excluding hydrogens is 345 g/mol. The van der Waals surface area contributed by atoms with E-state index in [4.69, 9.17) is 17.3 Å². The van der Waals surface area contributed by atoms with E-state index < -0.39 is 21.8 Å². The second kappa shape index (κ2) is 7.57. The molecule has 128 valence electrons. The molecule has 1 aliphatic rings. The molecule has 3 N–H and O–H groups in total. The van der Waals surface area contributed by atoms with Crippen LogP contribution in [-0.2, 0) is 14.8 Å². The van der Waals surface area contributed by atoms with Crippen molar-refractivity contribution in [3.05, 3.63) is 29.0 Å². The molecule has 0 spiro atoms. The molecule has 0 aromatic heterocycles. The predicted octanol–water partition coefficient (Wildman–Crippen LogP) is 0.955. The van der Waals surface area contributed by atoms with Crippen molar-refractivity contribution >= 4 is 27.5 Å². The Kier molecular flexibility index (Phi) is 5.96. The first-order valence-electron chi connectivity index (χ1n) is 7.29. The molecule has 0 bridgehead atoms. The van der Waals surface area contributed by atoms with Crippen molar-refractivity contribution in [1.29, 1.82) is 0 Å². The Hall–Kier alpha value is -1.22. The summed E-state index contributed by atoms with van der Waals surface area (Å²) < 4.78 is 39.9. The van der Waals surface area contributed by atoms with Crippen LogP contribution in [0.1, 0.15) is 12.8 Å². The molecule has 0 saturated carbocycles. The van der Waals surface area contributed by atoms with Crippen LogP contribution in [-0.4, -0.2) is 44.8 Å². The van der Waals surface area contributed by atoms with E-state index in [0.717, 1.165) is 12.1 Å². The average Bonchev–Trinajstić information content (AvgIpc) is 2.54. The van der Waals surface area contributed by atoms with Crippen molar-refractivity contribution in [3.8, 4) is 0 Å². The van der Waals surface area contributed by atoms with Crippen LogP contribution in [0.4, 0.5) is 4.39 Å². The minimum Gasteiger partial charge on any atom is -0.355 e. The second-order valence-electron chi connectivity index (χ2n) is 5.36. The molecule has 1 fully saturated rings. The summed E-state index contributed by atoms with van der Waals surface area (Å²) in [7, 11) is -3.95. The molecule has 1 unspecified atom stereocenters. The Labute approximate surface area is 139 Å². The smallest absolute Gasteiger partial charge is 0.244 e. The topological polar surface area (TPSA) is 92.5 Å². The molecule has 1 aromatic carbocycles. The summed E-state index contributed by atoms with van der Waals surface area (Å²) in [6, 6.07) is 3.20. The van der Waals surface area contributed by atoms with Gasteiger partial charge in [0.25, 0.3) is 0 Å². The summed E-state index contributed by atoms with van der Waals surface area (Å²) in [5.41, 5.74) is 5.34. The van der Waals surface area contributed by atoms with Crippen LogP contribution in [0.15, 0.2) is 23.1 Å². The SMILES string of the molecule is NCCNC(=O)C1CCCN(S(=O)(=O)c2cc(F)ccc2Cl)C1. The molecule has 1 amide bonds. The lowest BCUT2D eigenvalue weighted by atomic mass is 9.99. The van der Waals surface area contributed by atoms with E-state index in [2.05, 4.69) is 5.32 Å². The fraction of sp³-hybridized carbons (Fsp3) is 0.500. The number of hydrogen-bond acceptors (Lipinski definition) is 4. The van der Waals surface area contributed by atoms with E-state index in [1.165, 1.54) is 10.4 Å². The quantitative estimate of drug-likeness (QED) is 0.814. The number of benzene rings is 1. The third-order valence-electron chi connectivity index (χ3n) is 3.71. The minimum absolute atomic E-state index is 0.0406. The van der Waals surface area contributed by atoms with Gasteiger partial charge in [0.15, 0.2) is 0 Å². The van der Waals surface area contributed by atoms with Gasteiger partial charge >= 0.3 is 0 Å². The lowest BCUT2D eigenvalue weighted by molar-refractivity contribution is -0.126. The van der Waals surface area contributed by atoms with Gasteiger partial charge in [-0.3, -0.25) is 4.79 Å². The normalized spacial score (nSPS) is 19.5. The number of nitrogens with two attached hydrogens (primary N) is 1. The highest BCUT2D eigenvalue weighted by Gasteiger charge is 2.34. The second-order valence-corrected chi connectivity index (χ2v) is 7.67. The minimum atomic E-state index is -3.95. The molecule has 1 atom stereocenters. The first kappa shape index (κ1) is 18.1. The number of amides is 1. The molecule has 1 heterocycles. The molecule has 1 aliphatic heterocycles. The van der Waals surface area contributed by atoms with E-state index in [1.54, 1.807) is 0 Å². The zero-order chi connectivity index (χ0) is 17.0. The highest BCUT2D eigenvalue weighted by Crippen LogP contribution is 2.28. The summed E-state index contributed by atoms with van der Waals surface area (Å²) in [6.07, 6.45) is 1.15. The fourth-order valence-corrected chi connectivity index (χ4v) is 4.54. The summed E-state index contributed by atoms with van der Waals surface area (Å²) >= 11 is 5.90. The molecule has 6 nitrogen and oxygen atoms in total. The summed E-state index contributed by atoms with van der Waals surface area (Å²) in [6.45, 7) is 0.985. The molecule has 0 radical (unpaired) electrons. The van der Waals surface area contributed by atoms with Crippen LogP contribution in [0.5, 0.6) is 0 Å². The Morgan fingerprint density at radius 1 is 1.48 bits per heavy atom. The fourth-order valence-electron chi connectivity index (χ4n) is 2.53. The van der Waals surface area contributed by atoms with E-state index in [0.29, 0.717) is 25.9 Å². The largest absolute Gasteiger partial charge is 0.355 e. The Morgan fingerprint density at radius 2 is 2.22 bits per heavy atom. The van der Waals surface area contributed by atoms with Gasteiger partial charge < -0.3 is 11.1 Å². The first-order valence-corrected chi connectivity index (χ1v) is 9.11. The average molecular weight is 364 g/mol. The van der Waals surface area contributed by atoms with Crippen LogP contribution in [0.3, 0.4) is 0 Å². The summed E-state index contributed by atoms with van der Waals surface area (Å²) in [4.78, 5) is 11.7. The van der Waals surface area contributed by atoms with E-state index >= 15 is 0 Å². The zero-order valence-electron chi connectivity index (χ0n) is 12.5. The number of nitrogens with zero attached hydrogens (tertiary/aromatic N) is 1. The van der Waals surface area contributed by atoms with Gasteiger partial charge in [0.05, 0.1) is 10.9 Å². The zero-order valence-corrected chi connectivity index (χ0v) is 14.0. The molecular formula is C14H19ClFN3O3S. The van der Waals surface area contributed by atoms with Gasteiger partial charge in [-0.25, -0.2) is 12.8 Å². The Morgan fingerprint density at radius 3 is 2.91 bits per heavy atom. The number of piperidine rings is 1. The maximum Gasteiger partial charge on any atom is 0.244 e. The Bertz CT molecular complexity index is 684. The molecule has 23 heavy (non-hydrogen) atoms. The number of sulfonamides is 1. The predicted molar refractivity (Wildman–Crippen MR) is 85.0 cm³/mol. The molecule has 2 rings (SSSR count). The standard InChI is InChI=1S/C14H19ClFN3O3S/c15-12-4-3-11(16)8-13(12)23(21,22)19-7-1-2-10(9-19)14(20)18-6-5-17/h3-4,8,10H,1-2,5-7,9,17H2,(H,18,20). The van der Waals surface area contributed by atoms with Crippen molar-refractivity contribution < 1.29 is 17.6 Å². The highest BCUT2D eigenvalue weighted by atomic mass is 35.5. The van der Waals surface area contributed by atoms with Gasteiger partial charge in [0.2, 0.25) is 15.9 Å². The van der Waals surface area contributed by atoms with Crippen LogP contribution in [0, 0.1) is 11.7 Å². The number of rotatable bonds is 5. The van der Waals surface area contributed by atoms with E-state index in [1.807, 2.05) is 0 Å². The van der Waals surface area contributed by atoms with Crippen LogP contribution in [0.2, 0.25) is 5.02 Å². The Balaban J connectivity index is 2.19. The number of carbonyl (C=O) groups is 1. The molecule has 0 aliphatic carbocycles. The van der Waals surface area contributed by atoms with Crippen LogP contribution in [0.25, 0.3) is 0 Å². The third kappa shape index (κ3) is 4.20. The van der Waals surface area contributed by atoms with Gasteiger partial charge in [-0.15, -0.1) is 0 Å². The van der Waals surface area contributed by atoms with Crippen molar-refractivity contribution in [1.82, 2.24) is 9.62 Å². The van der Waals surface area contributed by atoms with E-state index in [-0.39, 0.29) is 28.9 Å². The lowest BCUT2D eigenvalue weighted by Gasteiger charge is -2.31. The van der Waals surface area contributed by atoms with Crippen molar-refractivity contribution in [2.24, 2.45) is 11.7 Å². The molecule has 1 aromatic rings. The maximum absolute atomic E-state index is 13.4. The van der Waals surface area contributed by atoms with Gasteiger partial charge in [-0.05, 0) is 31.0 Å². The lowest BCUT2D eigenvalue weighted by Crippen LogP contribution is -2.46. The van der Waals surface area contributed by atoms with Gasteiger partial charge in [-0.2, -0.15) is 4.31 Å². The van der Waals surface area contributed by atoms with Gasteiger partial charge in [0, 0.05) is 26.2 Å². The molecule has 9 heteroatoms. The van der Waals surface area contributed by atoms with Crippen molar-refractivity contribution in [2.45, 2.75) is 17.7 Å². The van der Waals surface area contributed by atoms with Gasteiger partial charge in [-0.1, -0.05) is 11.6 Å². The van der Waals surface area contributed by atoms with Gasteiger partial charge in [0.1, 0.15) is 10.7 Å². The van der Waals surface area contributed by atoms with Crippen molar-refractivity contribution in [2.75, 3.05) is 26.2 Å². The van der Waals surface area contributed by atoms with Crippen LogP contribution < -0.4 is 11.1 Å². The number of nitrogens with one attached hydrogen (secondary N) is 1. The monoisotopic (exact) mass is 363 g/mol.